The van der Waals surface area contributed by atoms with Gasteiger partial charge in [0.2, 0.25) is 0 Å². The van der Waals surface area contributed by atoms with Gasteiger partial charge in [0.15, 0.2) is 0 Å². The molecule has 0 aromatic heterocycles. The van der Waals surface area contributed by atoms with Crippen LogP contribution < -0.4 is 4.72 Å². The molecule has 1 aliphatic carbocycles. The van der Waals surface area contributed by atoms with Gasteiger partial charge in [0, 0.05) is 12.6 Å². The van der Waals surface area contributed by atoms with E-state index in [9.17, 15) is 8.42 Å². The van der Waals surface area contributed by atoms with Gasteiger partial charge in [-0.15, -0.1) is 0 Å². The Hall–Kier alpha value is -1.69. The summed E-state index contributed by atoms with van der Waals surface area (Å²) in [7, 11) is -3.53. The van der Waals surface area contributed by atoms with Gasteiger partial charge in [0.25, 0.3) is 10.2 Å². The predicted molar refractivity (Wildman–Crippen MR) is 104 cm³/mol. The van der Waals surface area contributed by atoms with E-state index in [4.69, 9.17) is 0 Å². The van der Waals surface area contributed by atoms with E-state index >= 15 is 0 Å². The molecule has 1 saturated carbocycles. The lowest BCUT2D eigenvalue weighted by molar-refractivity contribution is 0.335. The second-order valence-corrected chi connectivity index (χ2v) is 9.14. The van der Waals surface area contributed by atoms with Crippen LogP contribution in [0.5, 0.6) is 0 Å². The molecule has 0 saturated heterocycles. The second kappa shape index (κ2) is 7.14. The summed E-state index contributed by atoms with van der Waals surface area (Å²) in [6, 6.07) is 16.2. The normalized spacial score (nSPS) is 21.7. The predicted octanol–water partition coefficient (Wildman–Crippen LogP) is 3.72. The highest BCUT2D eigenvalue weighted by molar-refractivity contribution is 7.87. The van der Waals surface area contributed by atoms with Gasteiger partial charge < -0.3 is 0 Å². The molecule has 1 fully saturated rings. The zero-order chi connectivity index (χ0) is 18.1. The lowest BCUT2D eigenvalue weighted by Gasteiger charge is -2.37. The first-order valence-electron chi connectivity index (χ1n) is 9.48. The van der Waals surface area contributed by atoms with Crippen LogP contribution in [-0.4, -0.2) is 25.3 Å². The summed E-state index contributed by atoms with van der Waals surface area (Å²) in [4.78, 5) is 0. The van der Waals surface area contributed by atoms with Crippen molar-refractivity contribution < 1.29 is 8.42 Å². The molecule has 4 nitrogen and oxygen atoms in total. The highest BCUT2D eigenvalue weighted by atomic mass is 32.2. The summed E-state index contributed by atoms with van der Waals surface area (Å²) in [5.41, 5.74) is 4.60. The van der Waals surface area contributed by atoms with Gasteiger partial charge in [-0.3, -0.25) is 0 Å². The molecule has 2 aromatic carbocycles. The van der Waals surface area contributed by atoms with Gasteiger partial charge >= 0.3 is 0 Å². The van der Waals surface area contributed by atoms with Crippen LogP contribution in [0.3, 0.4) is 0 Å². The minimum absolute atomic E-state index is 0.0795. The largest absolute Gasteiger partial charge is 0.280 e. The Morgan fingerprint density at radius 1 is 1.04 bits per heavy atom. The summed E-state index contributed by atoms with van der Waals surface area (Å²) in [5.74, 6) is 0. The Morgan fingerprint density at radius 2 is 1.77 bits per heavy atom. The van der Waals surface area contributed by atoms with Crippen LogP contribution in [0.4, 0.5) is 0 Å². The first kappa shape index (κ1) is 17.7. The van der Waals surface area contributed by atoms with E-state index in [0.717, 1.165) is 43.2 Å². The fourth-order valence-corrected chi connectivity index (χ4v) is 5.93. The lowest BCUT2D eigenvalue weighted by atomic mass is 9.89. The van der Waals surface area contributed by atoms with Crippen LogP contribution in [0.25, 0.3) is 0 Å². The van der Waals surface area contributed by atoms with E-state index in [1.807, 2.05) is 30.3 Å². The molecule has 1 heterocycles. The minimum atomic E-state index is -3.53. The lowest BCUT2D eigenvalue weighted by Crippen LogP contribution is -2.48. The molecule has 1 unspecified atom stereocenters. The topological polar surface area (TPSA) is 49.4 Å². The third-order valence-corrected chi connectivity index (χ3v) is 7.22. The molecule has 138 valence electrons. The molecule has 0 bridgehead atoms. The van der Waals surface area contributed by atoms with Crippen molar-refractivity contribution >= 4 is 10.2 Å². The fraction of sp³-hybridized carbons (Fsp3) is 0.429. The number of nitrogens with zero attached hydrogens (tertiary/aromatic N) is 1. The van der Waals surface area contributed by atoms with Gasteiger partial charge in [-0.1, -0.05) is 66.9 Å². The van der Waals surface area contributed by atoms with E-state index in [1.165, 1.54) is 11.1 Å². The fourth-order valence-electron chi connectivity index (χ4n) is 4.29. The average Bonchev–Trinajstić information content (AvgIpc) is 3.13. The van der Waals surface area contributed by atoms with Crippen LogP contribution in [-0.2, 0) is 16.6 Å². The summed E-state index contributed by atoms with van der Waals surface area (Å²) in [6.07, 6.45) is 4.86. The minimum Gasteiger partial charge on any atom is -0.199 e. The Labute approximate surface area is 156 Å². The summed E-state index contributed by atoms with van der Waals surface area (Å²) in [6.45, 7) is 2.60. The number of rotatable bonds is 4. The Balaban J connectivity index is 1.74. The van der Waals surface area contributed by atoms with E-state index in [-0.39, 0.29) is 12.1 Å². The van der Waals surface area contributed by atoms with Gasteiger partial charge in [0.1, 0.15) is 0 Å². The van der Waals surface area contributed by atoms with E-state index < -0.39 is 10.2 Å². The first-order chi connectivity index (χ1) is 12.5. The van der Waals surface area contributed by atoms with Gasteiger partial charge in [0.05, 0.1) is 6.04 Å². The van der Waals surface area contributed by atoms with Crippen molar-refractivity contribution in [2.75, 3.05) is 6.54 Å². The summed E-state index contributed by atoms with van der Waals surface area (Å²) < 4.78 is 31.1. The van der Waals surface area contributed by atoms with E-state index in [2.05, 4.69) is 29.8 Å². The smallest absolute Gasteiger partial charge is 0.199 e. The van der Waals surface area contributed by atoms with Crippen LogP contribution in [0, 0.1) is 6.92 Å². The van der Waals surface area contributed by atoms with Crippen molar-refractivity contribution in [1.29, 1.82) is 0 Å². The third-order valence-electron chi connectivity index (χ3n) is 5.58. The molecule has 1 aliphatic heterocycles. The van der Waals surface area contributed by atoms with Crippen LogP contribution >= 0.6 is 0 Å². The summed E-state index contributed by atoms with van der Waals surface area (Å²) in [5, 5.41) is 0. The number of hydrogen-bond acceptors (Lipinski definition) is 2. The van der Waals surface area contributed by atoms with Crippen LogP contribution in [0.15, 0.2) is 48.5 Å². The Bertz CT molecular complexity index is 874. The first-order valence-corrected chi connectivity index (χ1v) is 10.9. The third kappa shape index (κ3) is 3.43. The molecular formula is C21H26N2O2S. The number of hydrogen-bond donors (Lipinski definition) is 1. The highest BCUT2D eigenvalue weighted by Gasteiger charge is 2.37. The molecule has 0 radical (unpaired) electrons. The van der Waals surface area contributed by atoms with Crippen molar-refractivity contribution in [2.24, 2.45) is 0 Å². The van der Waals surface area contributed by atoms with Crippen molar-refractivity contribution in [1.82, 2.24) is 9.03 Å². The SMILES string of the molecule is Cc1ccc2c(c1)CCN(S(=O)(=O)NC1CCCC1)C2c1ccccc1. The number of fused-ring (bicyclic) bond motifs is 1. The maximum atomic E-state index is 13.2. The highest BCUT2D eigenvalue weighted by Crippen LogP contribution is 2.37. The molecule has 2 aromatic rings. The number of nitrogens with one attached hydrogen (secondary N) is 1. The van der Waals surface area contributed by atoms with Crippen molar-refractivity contribution in [3.63, 3.8) is 0 Å². The maximum Gasteiger partial charge on any atom is 0.280 e. The molecule has 1 N–H and O–H groups in total. The van der Waals surface area contributed by atoms with Crippen LogP contribution in [0.1, 0.15) is 54.0 Å². The monoisotopic (exact) mass is 370 g/mol. The average molecular weight is 371 g/mol. The van der Waals surface area contributed by atoms with E-state index in [1.54, 1.807) is 4.31 Å². The number of benzene rings is 2. The zero-order valence-electron chi connectivity index (χ0n) is 15.2. The van der Waals surface area contributed by atoms with Crippen LogP contribution in [0.2, 0.25) is 0 Å². The Morgan fingerprint density at radius 3 is 2.50 bits per heavy atom. The quantitative estimate of drug-likeness (QED) is 0.892. The molecule has 0 spiro atoms. The van der Waals surface area contributed by atoms with Gasteiger partial charge in [-0.2, -0.15) is 17.4 Å². The van der Waals surface area contributed by atoms with Crippen molar-refractivity contribution in [3.05, 3.63) is 70.8 Å². The van der Waals surface area contributed by atoms with Gasteiger partial charge in [-0.05, 0) is 42.9 Å². The molecular weight excluding hydrogens is 344 g/mol. The van der Waals surface area contributed by atoms with Gasteiger partial charge in [-0.25, -0.2) is 0 Å². The molecule has 26 heavy (non-hydrogen) atoms. The molecule has 2 aliphatic rings. The standard InChI is InChI=1S/C21H26N2O2S/c1-16-11-12-20-18(15-16)13-14-23(21(20)17-7-3-2-4-8-17)26(24,25)22-19-9-5-6-10-19/h2-4,7-8,11-12,15,19,21-22H,5-6,9-10,13-14H2,1H3. The second-order valence-electron chi connectivity index (χ2n) is 7.48. The van der Waals surface area contributed by atoms with Crippen molar-refractivity contribution in [2.45, 2.75) is 51.1 Å². The summed E-state index contributed by atoms with van der Waals surface area (Å²) >= 11 is 0. The molecule has 4 rings (SSSR count). The maximum absolute atomic E-state index is 13.2. The molecule has 0 amide bonds. The molecule has 5 heteroatoms. The Kier molecular flexibility index (Phi) is 4.86. The molecule has 1 atom stereocenters. The number of aryl methyl sites for hydroxylation is 1. The van der Waals surface area contributed by atoms with Crippen molar-refractivity contribution in [3.8, 4) is 0 Å². The zero-order valence-corrected chi connectivity index (χ0v) is 16.0. The van der Waals surface area contributed by atoms with E-state index in [0.29, 0.717) is 6.54 Å².